The molecule has 1 aliphatic rings. The third-order valence-corrected chi connectivity index (χ3v) is 6.48. The summed E-state index contributed by atoms with van der Waals surface area (Å²) >= 11 is 1.20. The summed E-state index contributed by atoms with van der Waals surface area (Å²) in [5, 5.41) is 0. The van der Waals surface area contributed by atoms with E-state index in [-0.39, 0.29) is 9.99 Å². The van der Waals surface area contributed by atoms with Crippen LogP contribution >= 0.6 is 11.3 Å². The van der Waals surface area contributed by atoms with Gasteiger partial charge in [-0.25, -0.2) is 8.42 Å². The lowest BCUT2D eigenvalue weighted by Gasteiger charge is -2.12. The number of thiophene rings is 1. The molecule has 0 atom stereocenters. The van der Waals surface area contributed by atoms with Crippen LogP contribution in [0.15, 0.2) is 28.7 Å². The number of hydrogen-bond donors (Lipinski definition) is 0. The molecule has 0 saturated carbocycles. The molecule has 1 aliphatic carbocycles. The predicted octanol–water partition coefficient (Wildman–Crippen LogP) is 2.73. The first kappa shape index (κ1) is 13.5. The zero-order valence-corrected chi connectivity index (χ0v) is 12.6. The van der Waals surface area contributed by atoms with E-state index < -0.39 is 9.84 Å². The SMILES string of the molecule is CS(=O)(=O)c1sc(-c2ccncc2)c2c1C(=O)CCC2. The highest BCUT2D eigenvalue weighted by molar-refractivity contribution is 7.93. The second-order valence-electron chi connectivity index (χ2n) is 4.86. The van der Waals surface area contributed by atoms with Crippen LogP contribution in [0.4, 0.5) is 0 Å². The second kappa shape index (κ2) is 4.79. The van der Waals surface area contributed by atoms with Crippen molar-refractivity contribution in [1.29, 1.82) is 0 Å². The maximum Gasteiger partial charge on any atom is 0.185 e. The van der Waals surface area contributed by atoms with Crippen molar-refractivity contribution in [3.63, 3.8) is 0 Å². The molecule has 0 unspecified atom stereocenters. The van der Waals surface area contributed by atoms with Crippen molar-refractivity contribution < 1.29 is 13.2 Å². The summed E-state index contributed by atoms with van der Waals surface area (Å²) in [5.74, 6) is -0.0526. The fourth-order valence-corrected chi connectivity index (χ4v) is 5.08. The molecular formula is C14H13NO3S2. The summed E-state index contributed by atoms with van der Waals surface area (Å²) < 4.78 is 24.1. The molecule has 0 aromatic carbocycles. The molecular weight excluding hydrogens is 294 g/mol. The van der Waals surface area contributed by atoms with Gasteiger partial charge in [0.2, 0.25) is 0 Å². The number of fused-ring (bicyclic) bond motifs is 1. The summed E-state index contributed by atoms with van der Waals surface area (Å²) in [7, 11) is -3.38. The van der Waals surface area contributed by atoms with Gasteiger partial charge in [0.15, 0.2) is 15.6 Å². The summed E-state index contributed by atoms with van der Waals surface area (Å²) in [5.41, 5.74) is 2.24. The van der Waals surface area contributed by atoms with E-state index in [2.05, 4.69) is 4.98 Å². The van der Waals surface area contributed by atoms with E-state index in [0.717, 1.165) is 35.1 Å². The topological polar surface area (TPSA) is 64.1 Å². The van der Waals surface area contributed by atoms with Crippen LogP contribution in [0.25, 0.3) is 10.4 Å². The minimum absolute atomic E-state index is 0.0526. The van der Waals surface area contributed by atoms with Crippen LogP contribution in [0.3, 0.4) is 0 Å². The predicted molar refractivity (Wildman–Crippen MR) is 77.9 cm³/mol. The normalized spacial score (nSPS) is 15.2. The van der Waals surface area contributed by atoms with Crippen LogP contribution in [-0.2, 0) is 16.3 Å². The Labute approximate surface area is 121 Å². The fraction of sp³-hybridized carbons (Fsp3) is 0.286. The lowest BCUT2D eigenvalue weighted by Crippen LogP contribution is -2.12. The lowest BCUT2D eigenvalue weighted by molar-refractivity contribution is 0.0970. The molecule has 104 valence electrons. The minimum atomic E-state index is -3.38. The average molecular weight is 307 g/mol. The van der Waals surface area contributed by atoms with Gasteiger partial charge in [0, 0.05) is 29.9 Å². The largest absolute Gasteiger partial charge is 0.294 e. The number of pyridine rings is 1. The van der Waals surface area contributed by atoms with Gasteiger partial charge in [-0.1, -0.05) is 0 Å². The zero-order valence-electron chi connectivity index (χ0n) is 10.9. The number of aromatic nitrogens is 1. The smallest absolute Gasteiger partial charge is 0.185 e. The van der Waals surface area contributed by atoms with Gasteiger partial charge in [0.1, 0.15) is 4.21 Å². The molecule has 0 saturated heterocycles. The van der Waals surface area contributed by atoms with Crippen molar-refractivity contribution in [1.82, 2.24) is 4.98 Å². The average Bonchev–Trinajstić information content (AvgIpc) is 2.81. The zero-order chi connectivity index (χ0) is 14.3. The number of nitrogens with zero attached hydrogens (tertiary/aromatic N) is 1. The van der Waals surface area contributed by atoms with Crippen molar-refractivity contribution in [2.45, 2.75) is 23.5 Å². The Bertz CT molecular complexity index is 776. The molecule has 0 N–H and O–H groups in total. The molecule has 0 spiro atoms. The van der Waals surface area contributed by atoms with E-state index in [1.54, 1.807) is 12.4 Å². The maximum atomic E-state index is 12.1. The van der Waals surface area contributed by atoms with Crippen LogP contribution in [0.1, 0.15) is 28.8 Å². The van der Waals surface area contributed by atoms with Crippen LogP contribution in [0.5, 0.6) is 0 Å². The number of carbonyl (C=O) groups excluding carboxylic acids is 1. The van der Waals surface area contributed by atoms with Gasteiger partial charge >= 0.3 is 0 Å². The quantitative estimate of drug-likeness (QED) is 0.855. The van der Waals surface area contributed by atoms with E-state index in [1.807, 2.05) is 12.1 Å². The molecule has 0 bridgehead atoms. The Kier molecular flexibility index (Phi) is 3.22. The Morgan fingerprint density at radius 3 is 2.55 bits per heavy atom. The molecule has 6 heteroatoms. The lowest BCUT2D eigenvalue weighted by atomic mass is 9.91. The highest BCUT2D eigenvalue weighted by atomic mass is 32.2. The van der Waals surface area contributed by atoms with Gasteiger partial charge in [-0.15, -0.1) is 11.3 Å². The van der Waals surface area contributed by atoms with Crippen LogP contribution in [0, 0.1) is 0 Å². The Morgan fingerprint density at radius 1 is 1.20 bits per heavy atom. The molecule has 0 aliphatic heterocycles. The molecule has 4 nitrogen and oxygen atoms in total. The van der Waals surface area contributed by atoms with Gasteiger partial charge in [-0.3, -0.25) is 9.78 Å². The van der Waals surface area contributed by atoms with E-state index in [4.69, 9.17) is 0 Å². The molecule has 0 fully saturated rings. The van der Waals surface area contributed by atoms with Crippen molar-refractivity contribution in [3.8, 4) is 10.4 Å². The van der Waals surface area contributed by atoms with Crippen LogP contribution in [-0.4, -0.2) is 25.4 Å². The van der Waals surface area contributed by atoms with Crippen molar-refractivity contribution in [3.05, 3.63) is 35.7 Å². The Hall–Kier alpha value is -1.53. The number of hydrogen-bond acceptors (Lipinski definition) is 5. The number of sulfone groups is 1. The van der Waals surface area contributed by atoms with Crippen LogP contribution < -0.4 is 0 Å². The van der Waals surface area contributed by atoms with Crippen LogP contribution in [0.2, 0.25) is 0 Å². The molecule has 2 heterocycles. The summed E-state index contributed by atoms with van der Waals surface area (Å²) in [6.07, 6.45) is 6.48. The van der Waals surface area contributed by atoms with Gasteiger partial charge in [-0.2, -0.15) is 0 Å². The fourth-order valence-electron chi connectivity index (χ4n) is 2.51. The van der Waals surface area contributed by atoms with Gasteiger partial charge in [-0.05, 0) is 36.1 Å². The van der Waals surface area contributed by atoms with Crippen molar-refractivity contribution in [2.75, 3.05) is 6.26 Å². The van der Waals surface area contributed by atoms with Gasteiger partial charge in [0.25, 0.3) is 0 Å². The van der Waals surface area contributed by atoms with E-state index in [0.29, 0.717) is 12.0 Å². The first-order chi connectivity index (χ1) is 9.48. The second-order valence-corrected chi connectivity index (χ2v) is 8.09. The van der Waals surface area contributed by atoms with Crippen molar-refractivity contribution in [2.24, 2.45) is 0 Å². The van der Waals surface area contributed by atoms with Gasteiger partial charge < -0.3 is 0 Å². The third-order valence-electron chi connectivity index (χ3n) is 3.36. The molecule has 2 aromatic rings. The Balaban J connectivity index is 2.31. The number of carbonyl (C=O) groups is 1. The highest BCUT2D eigenvalue weighted by Crippen LogP contribution is 2.42. The number of Topliss-reactive ketones (excluding diaryl/α,β-unsaturated/α-hetero) is 1. The number of ketones is 1. The first-order valence-corrected chi connectivity index (χ1v) is 8.98. The summed E-state index contributed by atoms with van der Waals surface area (Å²) in [6, 6.07) is 3.69. The maximum absolute atomic E-state index is 12.1. The summed E-state index contributed by atoms with van der Waals surface area (Å²) in [6.45, 7) is 0. The Morgan fingerprint density at radius 2 is 1.90 bits per heavy atom. The highest BCUT2D eigenvalue weighted by Gasteiger charge is 2.31. The van der Waals surface area contributed by atoms with Crippen molar-refractivity contribution >= 4 is 27.0 Å². The van der Waals surface area contributed by atoms with Gasteiger partial charge in [0.05, 0.1) is 5.56 Å². The van der Waals surface area contributed by atoms with E-state index in [1.165, 1.54) is 11.3 Å². The molecule has 3 rings (SSSR count). The minimum Gasteiger partial charge on any atom is -0.294 e. The standard InChI is InChI=1S/C14H13NO3S2/c1-20(17,18)14-12-10(3-2-4-11(12)16)13(19-14)9-5-7-15-8-6-9/h5-8H,2-4H2,1H3. The molecule has 20 heavy (non-hydrogen) atoms. The molecule has 0 amide bonds. The summed E-state index contributed by atoms with van der Waals surface area (Å²) in [4.78, 5) is 17.0. The molecule has 2 aromatic heterocycles. The van der Waals surface area contributed by atoms with E-state index in [9.17, 15) is 13.2 Å². The monoisotopic (exact) mass is 307 g/mol. The molecule has 0 radical (unpaired) electrons. The third kappa shape index (κ3) is 2.19. The number of rotatable bonds is 2. The first-order valence-electron chi connectivity index (χ1n) is 6.28. The van der Waals surface area contributed by atoms with E-state index >= 15 is 0 Å².